The monoisotopic (exact) mass is 325 g/mol. The summed E-state index contributed by atoms with van der Waals surface area (Å²) in [6.45, 7) is 0.552. The maximum Gasteiger partial charge on any atom is 0.0944 e. The maximum absolute atomic E-state index is 5.68. The number of nitrogens with zero attached hydrogens (tertiary/aromatic N) is 1. The fourth-order valence-corrected chi connectivity index (χ4v) is 2.90. The summed E-state index contributed by atoms with van der Waals surface area (Å²) in [5, 5.41) is 4.58. The van der Waals surface area contributed by atoms with E-state index in [2.05, 4.69) is 53.8 Å². The van der Waals surface area contributed by atoms with E-state index < -0.39 is 0 Å². The van der Waals surface area contributed by atoms with Gasteiger partial charge in [0.1, 0.15) is 0 Å². The number of rotatable bonds is 4. The maximum atomic E-state index is 5.68. The number of pyridine rings is 1. The SMILES string of the molecule is NCc1ccc(-c2ccc3cccc(Nc4ccccc4)c3n2)cc1. The van der Waals surface area contributed by atoms with Gasteiger partial charge in [-0.2, -0.15) is 0 Å². The lowest BCUT2D eigenvalue weighted by atomic mass is 10.1. The first-order chi connectivity index (χ1) is 12.3. The molecular weight excluding hydrogens is 306 g/mol. The van der Waals surface area contributed by atoms with E-state index in [0.29, 0.717) is 6.54 Å². The third-order valence-corrected chi connectivity index (χ3v) is 4.26. The van der Waals surface area contributed by atoms with Crippen molar-refractivity contribution in [3.63, 3.8) is 0 Å². The quantitative estimate of drug-likeness (QED) is 0.548. The van der Waals surface area contributed by atoms with Crippen molar-refractivity contribution in [1.29, 1.82) is 0 Å². The van der Waals surface area contributed by atoms with Crippen molar-refractivity contribution >= 4 is 22.3 Å². The van der Waals surface area contributed by atoms with Gasteiger partial charge in [0.25, 0.3) is 0 Å². The summed E-state index contributed by atoms with van der Waals surface area (Å²) in [6.07, 6.45) is 0. The van der Waals surface area contributed by atoms with Crippen LogP contribution in [0.25, 0.3) is 22.2 Å². The van der Waals surface area contributed by atoms with Gasteiger partial charge in [-0.05, 0) is 29.8 Å². The molecule has 122 valence electrons. The van der Waals surface area contributed by atoms with E-state index in [-0.39, 0.29) is 0 Å². The summed E-state index contributed by atoms with van der Waals surface area (Å²) in [7, 11) is 0. The Kier molecular flexibility index (Phi) is 4.15. The summed E-state index contributed by atoms with van der Waals surface area (Å²) in [6, 6.07) is 28.8. The van der Waals surface area contributed by atoms with Crippen LogP contribution in [0.1, 0.15) is 5.56 Å². The Hall–Kier alpha value is -3.17. The number of hydrogen-bond donors (Lipinski definition) is 2. The fourth-order valence-electron chi connectivity index (χ4n) is 2.90. The highest BCUT2D eigenvalue weighted by Crippen LogP contribution is 2.28. The summed E-state index contributed by atoms with van der Waals surface area (Å²) >= 11 is 0. The minimum atomic E-state index is 0.552. The van der Waals surface area contributed by atoms with Crippen LogP contribution < -0.4 is 11.1 Å². The third-order valence-electron chi connectivity index (χ3n) is 4.26. The van der Waals surface area contributed by atoms with Crippen LogP contribution >= 0.6 is 0 Å². The Morgan fingerprint density at radius 2 is 1.56 bits per heavy atom. The summed E-state index contributed by atoms with van der Waals surface area (Å²) in [5.74, 6) is 0. The van der Waals surface area contributed by atoms with Crippen LogP contribution in [-0.4, -0.2) is 4.98 Å². The molecule has 0 bridgehead atoms. The lowest BCUT2D eigenvalue weighted by Gasteiger charge is -2.11. The second-order valence-electron chi connectivity index (χ2n) is 5.97. The number of para-hydroxylation sites is 2. The van der Waals surface area contributed by atoms with E-state index in [4.69, 9.17) is 10.7 Å². The second kappa shape index (κ2) is 6.75. The normalized spacial score (nSPS) is 10.8. The zero-order chi connectivity index (χ0) is 17.1. The van der Waals surface area contributed by atoms with Crippen molar-refractivity contribution in [2.24, 2.45) is 5.73 Å². The Morgan fingerprint density at radius 3 is 2.32 bits per heavy atom. The molecule has 25 heavy (non-hydrogen) atoms. The zero-order valence-corrected chi connectivity index (χ0v) is 13.8. The predicted molar refractivity (Wildman–Crippen MR) is 105 cm³/mol. The molecule has 0 radical (unpaired) electrons. The molecule has 0 fully saturated rings. The third kappa shape index (κ3) is 3.23. The van der Waals surface area contributed by atoms with Crippen LogP contribution in [0.3, 0.4) is 0 Å². The predicted octanol–water partition coefficient (Wildman–Crippen LogP) is 5.10. The van der Waals surface area contributed by atoms with E-state index in [1.165, 1.54) is 0 Å². The van der Waals surface area contributed by atoms with Gasteiger partial charge in [-0.1, -0.05) is 60.7 Å². The van der Waals surface area contributed by atoms with E-state index in [1.807, 2.05) is 36.4 Å². The Labute approximate surface area is 147 Å². The molecule has 0 aliphatic carbocycles. The van der Waals surface area contributed by atoms with Gasteiger partial charge < -0.3 is 11.1 Å². The van der Waals surface area contributed by atoms with Crippen LogP contribution in [0.2, 0.25) is 0 Å². The van der Waals surface area contributed by atoms with E-state index in [0.717, 1.165) is 39.1 Å². The molecule has 0 aliphatic heterocycles. The van der Waals surface area contributed by atoms with Gasteiger partial charge in [0.15, 0.2) is 0 Å². The van der Waals surface area contributed by atoms with Crippen LogP contribution in [0.5, 0.6) is 0 Å². The molecule has 3 heteroatoms. The molecule has 1 aromatic heterocycles. The first-order valence-corrected chi connectivity index (χ1v) is 8.35. The number of fused-ring (bicyclic) bond motifs is 1. The van der Waals surface area contributed by atoms with Gasteiger partial charge in [-0.25, -0.2) is 4.98 Å². The molecule has 0 amide bonds. The molecule has 3 nitrogen and oxygen atoms in total. The number of aromatic nitrogens is 1. The minimum Gasteiger partial charge on any atom is -0.354 e. The van der Waals surface area contributed by atoms with Crippen molar-refractivity contribution in [2.75, 3.05) is 5.32 Å². The summed E-state index contributed by atoms with van der Waals surface area (Å²) in [4.78, 5) is 4.90. The van der Waals surface area contributed by atoms with Gasteiger partial charge in [-0.15, -0.1) is 0 Å². The molecule has 3 N–H and O–H groups in total. The first kappa shape index (κ1) is 15.4. The molecule has 0 aliphatic rings. The molecule has 4 rings (SSSR count). The van der Waals surface area contributed by atoms with Crippen LogP contribution in [-0.2, 0) is 6.54 Å². The molecule has 0 spiro atoms. The number of nitrogens with two attached hydrogens (primary N) is 1. The number of hydrogen-bond acceptors (Lipinski definition) is 3. The van der Waals surface area contributed by atoms with Crippen LogP contribution in [0.4, 0.5) is 11.4 Å². The van der Waals surface area contributed by atoms with Crippen molar-refractivity contribution in [2.45, 2.75) is 6.54 Å². The number of nitrogens with one attached hydrogen (secondary N) is 1. The summed E-state index contributed by atoms with van der Waals surface area (Å²) < 4.78 is 0. The molecule has 4 aromatic rings. The van der Waals surface area contributed by atoms with Crippen molar-refractivity contribution < 1.29 is 0 Å². The molecule has 0 saturated carbocycles. The van der Waals surface area contributed by atoms with E-state index >= 15 is 0 Å². The van der Waals surface area contributed by atoms with Crippen LogP contribution in [0, 0.1) is 0 Å². The Morgan fingerprint density at radius 1 is 0.760 bits per heavy atom. The van der Waals surface area contributed by atoms with E-state index in [9.17, 15) is 0 Å². The van der Waals surface area contributed by atoms with Gasteiger partial charge >= 0.3 is 0 Å². The smallest absolute Gasteiger partial charge is 0.0944 e. The number of anilines is 2. The lowest BCUT2D eigenvalue weighted by molar-refractivity contribution is 1.07. The van der Waals surface area contributed by atoms with Gasteiger partial charge in [0, 0.05) is 23.2 Å². The molecule has 0 atom stereocenters. The zero-order valence-electron chi connectivity index (χ0n) is 13.8. The average molecular weight is 325 g/mol. The van der Waals surface area contributed by atoms with E-state index in [1.54, 1.807) is 0 Å². The molecular formula is C22H19N3. The average Bonchev–Trinajstić information content (AvgIpc) is 2.69. The first-order valence-electron chi connectivity index (χ1n) is 8.35. The van der Waals surface area contributed by atoms with Crippen molar-refractivity contribution in [1.82, 2.24) is 4.98 Å². The highest BCUT2D eigenvalue weighted by molar-refractivity contribution is 5.93. The largest absolute Gasteiger partial charge is 0.354 e. The fraction of sp³-hybridized carbons (Fsp3) is 0.0455. The van der Waals surface area contributed by atoms with Crippen molar-refractivity contribution in [3.05, 3.63) is 90.5 Å². The molecule has 0 saturated heterocycles. The molecule has 1 heterocycles. The Bertz CT molecular complexity index is 993. The van der Waals surface area contributed by atoms with Gasteiger partial charge in [-0.3, -0.25) is 0 Å². The Balaban J connectivity index is 1.76. The highest BCUT2D eigenvalue weighted by Gasteiger charge is 2.06. The number of benzene rings is 3. The van der Waals surface area contributed by atoms with Crippen LogP contribution in [0.15, 0.2) is 84.9 Å². The highest BCUT2D eigenvalue weighted by atomic mass is 14.9. The minimum absolute atomic E-state index is 0.552. The lowest BCUT2D eigenvalue weighted by Crippen LogP contribution is -1.96. The second-order valence-corrected chi connectivity index (χ2v) is 5.97. The van der Waals surface area contributed by atoms with Gasteiger partial charge in [0.05, 0.1) is 16.9 Å². The standard InChI is InChI=1S/C22H19N3/c23-15-16-9-11-17(12-10-16)20-14-13-18-5-4-8-21(22(18)25-20)24-19-6-2-1-3-7-19/h1-14,24H,15,23H2. The van der Waals surface area contributed by atoms with Crippen molar-refractivity contribution in [3.8, 4) is 11.3 Å². The topological polar surface area (TPSA) is 50.9 Å². The molecule has 0 unspecified atom stereocenters. The summed E-state index contributed by atoms with van der Waals surface area (Å²) in [5.41, 5.74) is 11.9. The molecule has 3 aromatic carbocycles. The van der Waals surface area contributed by atoms with Gasteiger partial charge in [0.2, 0.25) is 0 Å².